The lowest BCUT2D eigenvalue weighted by Gasteiger charge is -2.37. The predicted octanol–water partition coefficient (Wildman–Crippen LogP) is 4.79. The molecular formula is C22H33NO2. The smallest absolute Gasteiger partial charge is 0.290 e. The van der Waals surface area contributed by atoms with E-state index in [9.17, 15) is 9.59 Å². The fraction of sp³-hybridized carbons (Fsp3) is 0.636. The maximum Gasteiger partial charge on any atom is 0.290 e. The molecule has 0 saturated carbocycles. The van der Waals surface area contributed by atoms with E-state index in [1.165, 1.54) is 12.0 Å². The standard InChI is InChI=1S/C22H33NO2/c1-4-22(2,3)20(24)21(25)23-17-11-10-16-19(23)15-9-8-14-18-12-6-5-7-13-18/h5-7,12-13,19H,4,8-11,14-17H2,1-3H3. The number of carbonyl (C=O) groups excluding carboxylic acids is 2. The van der Waals surface area contributed by atoms with Crippen molar-refractivity contribution < 1.29 is 9.59 Å². The first-order chi connectivity index (χ1) is 12.0. The third-order valence-corrected chi connectivity index (χ3v) is 5.68. The van der Waals surface area contributed by atoms with Gasteiger partial charge in [0.25, 0.3) is 5.91 Å². The van der Waals surface area contributed by atoms with Crippen LogP contribution < -0.4 is 0 Å². The topological polar surface area (TPSA) is 37.4 Å². The highest BCUT2D eigenvalue weighted by Gasteiger charge is 2.37. The Labute approximate surface area is 152 Å². The van der Waals surface area contributed by atoms with Crippen LogP contribution >= 0.6 is 0 Å². The van der Waals surface area contributed by atoms with E-state index in [4.69, 9.17) is 0 Å². The summed E-state index contributed by atoms with van der Waals surface area (Å²) in [6.45, 7) is 6.48. The second-order valence-corrected chi connectivity index (χ2v) is 7.95. The molecule has 138 valence electrons. The van der Waals surface area contributed by atoms with Crippen molar-refractivity contribution in [3.8, 4) is 0 Å². The minimum Gasteiger partial charge on any atom is -0.333 e. The molecule has 1 aromatic rings. The summed E-state index contributed by atoms with van der Waals surface area (Å²) >= 11 is 0. The van der Waals surface area contributed by atoms with Crippen molar-refractivity contribution in [3.05, 3.63) is 35.9 Å². The van der Waals surface area contributed by atoms with E-state index in [0.717, 1.165) is 45.1 Å². The molecule has 1 fully saturated rings. The Balaban J connectivity index is 1.87. The summed E-state index contributed by atoms with van der Waals surface area (Å²) < 4.78 is 0. The van der Waals surface area contributed by atoms with Crippen LogP contribution in [-0.2, 0) is 16.0 Å². The molecule has 2 rings (SSSR count). The maximum atomic E-state index is 12.7. The van der Waals surface area contributed by atoms with Gasteiger partial charge in [-0.25, -0.2) is 0 Å². The first-order valence-electron chi connectivity index (χ1n) is 9.85. The highest BCUT2D eigenvalue weighted by atomic mass is 16.2. The predicted molar refractivity (Wildman–Crippen MR) is 102 cm³/mol. The van der Waals surface area contributed by atoms with Crippen molar-refractivity contribution in [2.24, 2.45) is 5.41 Å². The number of hydrogen-bond donors (Lipinski definition) is 0. The monoisotopic (exact) mass is 343 g/mol. The zero-order valence-electron chi connectivity index (χ0n) is 16.1. The third kappa shape index (κ3) is 5.42. The van der Waals surface area contributed by atoms with E-state index in [1.54, 1.807) is 0 Å². The van der Waals surface area contributed by atoms with Crippen LogP contribution in [0.2, 0.25) is 0 Å². The molecule has 1 heterocycles. The van der Waals surface area contributed by atoms with Crippen molar-refractivity contribution >= 4 is 11.7 Å². The molecule has 0 spiro atoms. The minimum atomic E-state index is -0.549. The molecule has 1 saturated heterocycles. The number of rotatable bonds is 8. The minimum absolute atomic E-state index is 0.216. The number of likely N-dealkylation sites (tertiary alicyclic amines) is 1. The van der Waals surface area contributed by atoms with Crippen LogP contribution in [0.1, 0.15) is 71.3 Å². The number of piperidine rings is 1. The first kappa shape index (κ1) is 19.7. The Morgan fingerprint density at radius 1 is 1.12 bits per heavy atom. The second kappa shape index (κ2) is 9.17. The van der Waals surface area contributed by atoms with E-state index >= 15 is 0 Å². The van der Waals surface area contributed by atoms with Gasteiger partial charge in [-0.2, -0.15) is 0 Å². The molecule has 1 aliphatic rings. The zero-order valence-corrected chi connectivity index (χ0v) is 16.1. The van der Waals surface area contributed by atoms with Crippen LogP contribution in [0.3, 0.4) is 0 Å². The van der Waals surface area contributed by atoms with Gasteiger partial charge in [-0.15, -0.1) is 0 Å². The molecule has 25 heavy (non-hydrogen) atoms. The summed E-state index contributed by atoms with van der Waals surface area (Å²) in [5.41, 5.74) is 0.825. The van der Waals surface area contributed by atoms with Gasteiger partial charge in [-0.05, 0) is 50.5 Å². The van der Waals surface area contributed by atoms with Gasteiger partial charge in [0, 0.05) is 18.0 Å². The molecule has 0 aromatic heterocycles. The van der Waals surface area contributed by atoms with Crippen molar-refractivity contribution in [2.45, 2.75) is 78.2 Å². The number of hydrogen-bond acceptors (Lipinski definition) is 2. The van der Waals surface area contributed by atoms with Gasteiger partial charge in [0.2, 0.25) is 5.78 Å². The molecule has 1 aromatic carbocycles. The van der Waals surface area contributed by atoms with Crippen LogP contribution in [0.25, 0.3) is 0 Å². The number of ketones is 1. The fourth-order valence-electron chi connectivity index (χ4n) is 3.50. The van der Waals surface area contributed by atoms with Crippen molar-refractivity contribution in [1.82, 2.24) is 4.90 Å². The largest absolute Gasteiger partial charge is 0.333 e. The molecule has 0 radical (unpaired) electrons. The lowest BCUT2D eigenvalue weighted by atomic mass is 9.84. The van der Waals surface area contributed by atoms with Crippen molar-refractivity contribution in [1.29, 1.82) is 0 Å². The lowest BCUT2D eigenvalue weighted by Crippen LogP contribution is -2.49. The summed E-state index contributed by atoms with van der Waals surface area (Å²) in [4.78, 5) is 27.2. The fourth-order valence-corrected chi connectivity index (χ4v) is 3.50. The SMILES string of the molecule is CCC(C)(C)C(=O)C(=O)N1CCCCC1CCCCc1ccccc1. The summed E-state index contributed by atoms with van der Waals surface area (Å²) in [6, 6.07) is 10.8. The van der Waals surface area contributed by atoms with Crippen LogP contribution in [0.15, 0.2) is 30.3 Å². The number of benzene rings is 1. The molecule has 0 bridgehead atoms. The van der Waals surface area contributed by atoms with Crippen LogP contribution in [0.5, 0.6) is 0 Å². The quantitative estimate of drug-likeness (QED) is 0.503. The second-order valence-electron chi connectivity index (χ2n) is 7.95. The molecule has 0 N–H and O–H groups in total. The molecule has 1 unspecified atom stereocenters. The molecule has 1 amide bonds. The number of carbonyl (C=O) groups is 2. The zero-order chi connectivity index (χ0) is 18.3. The lowest BCUT2D eigenvalue weighted by molar-refractivity contribution is -0.151. The molecule has 3 heteroatoms. The Hall–Kier alpha value is -1.64. The number of nitrogens with zero attached hydrogens (tertiary/aromatic N) is 1. The summed E-state index contributed by atoms with van der Waals surface area (Å²) in [5, 5.41) is 0. The maximum absolute atomic E-state index is 12.7. The van der Waals surface area contributed by atoms with Crippen LogP contribution in [0, 0.1) is 5.41 Å². The molecule has 0 aliphatic carbocycles. The average Bonchev–Trinajstić information content (AvgIpc) is 2.65. The highest BCUT2D eigenvalue weighted by molar-refractivity contribution is 6.38. The summed E-state index contributed by atoms with van der Waals surface area (Å²) in [6.07, 6.45) is 8.27. The van der Waals surface area contributed by atoms with Crippen molar-refractivity contribution in [3.63, 3.8) is 0 Å². The van der Waals surface area contributed by atoms with E-state index in [0.29, 0.717) is 6.42 Å². The number of aryl methyl sites for hydroxylation is 1. The Morgan fingerprint density at radius 3 is 2.52 bits per heavy atom. The molecule has 1 aliphatic heterocycles. The Morgan fingerprint density at radius 2 is 1.84 bits per heavy atom. The van der Waals surface area contributed by atoms with E-state index < -0.39 is 5.41 Å². The van der Waals surface area contributed by atoms with Gasteiger partial charge in [0.1, 0.15) is 0 Å². The number of unbranched alkanes of at least 4 members (excludes halogenated alkanes) is 1. The van der Waals surface area contributed by atoms with Crippen LogP contribution in [-0.4, -0.2) is 29.2 Å². The van der Waals surface area contributed by atoms with E-state index in [-0.39, 0.29) is 17.7 Å². The van der Waals surface area contributed by atoms with Gasteiger partial charge in [0.15, 0.2) is 0 Å². The first-order valence-corrected chi connectivity index (χ1v) is 9.85. The van der Waals surface area contributed by atoms with Crippen molar-refractivity contribution in [2.75, 3.05) is 6.54 Å². The van der Waals surface area contributed by atoms with Gasteiger partial charge in [-0.1, -0.05) is 57.5 Å². The molecule has 1 atom stereocenters. The van der Waals surface area contributed by atoms with Crippen LogP contribution in [0.4, 0.5) is 0 Å². The van der Waals surface area contributed by atoms with Gasteiger partial charge < -0.3 is 4.90 Å². The Kier molecular flexibility index (Phi) is 7.22. The van der Waals surface area contributed by atoms with E-state index in [2.05, 4.69) is 24.3 Å². The summed E-state index contributed by atoms with van der Waals surface area (Å²) in [5.74, 6) is -0.467. The van der Waals surface area contributed by atoms with Gasteiger partial charge in [-0.3, -0.25) is 9.59 Å². The Bertz CT molecular complexity index is 565. The normalized spacial score (nSPS) is 18.2. The number of amides is 1. The summed E-state index contributed by atoms with van der Waals surface area (Å²) in [7, 11) is 0. The van der Waals surface area contributed by atoms with Gasteiger partial charge in [0.05, 0.1) is 0 Å². The average molecular weight is 344 g/mol. The third-order valence-electron chi connectivity index (χ3n) is 5.68. The molecular weight excluding hydrogens is 310 g/mol. The van der Waals surface area contributed by atoms with Gasteiger partial charge >= 0.3 is 0 Å². The highest BCUT2D eigenvalue weighted by Crippen LogP contribution is 2.27. The number of Topliss-reactive ketones (excluding diaryl/α,β-unsaturated/α-hetero) is 1. The molecule has 3 nitrogen and oxygen atoms in total. The van der Waals surface area contributed by atoms with E-state index in [1.807, 2.05) is 31.7 Å².